The van der Waals surface area contributed by atoms with Gasteiger partial charge in [-0.2, -0.15) is 0 Å². The number of thiazole rings is 1. The molecule has 1 aromatic carbocycles. The van der Waals surface area contributed by atoms with Crippen molar-refractivity contribution in [3.05, 3.63) is 34.3 Å². The normalized spacial score (nSPS) is 10.5. The van der Waals surface area contributed by atoms with Crippen LogP contribution in [0.4, 0.5) is 5.69 Å². The fourth-order valence-corrected chi connectivity index (χ4v) is 2.82. The summed E-state index contributed by atoms with van der Waals surface area (Å²) in [6.07, 6.45) is 2.66. The molecule has 2 rings (SSSR count). The summed E-state index contributed by atoms with van der Waals surface area (Å²) in [5.74, 6) is 0.994. The Morgan fingerprint density at radius 3 is 2.96 bits per heavy atom. The number of benzene rings is 1. The average molecular weight is 349 g/mol. The molecule has 0 bridgehead atoms. The van der Waals surface area contributed by atoms with Gasteiger partial charge in [-0.15, -0.1) is 11.3 Å². The molecule has 0 aliphatic heterocycles. The molecule has 1 amide bonds. The smallest absolute Gasteiger partial charge is 0.275 e. The van der Waals surface area contributed by atoms with Crippen LogP contribution in [0.2, 0.25) is 0 Å². The number of anilines is 1. The minimum Gasteiger partial charge on any atom is -0.497 e. The molecule has 0 saturated carbocycles. The number of rotatable bonds is 9. The number of carbonyl (C=O) groups excluding carboxylic acids is 1. The predicted molar refractivity (Wildman–Crippen MR) is 96.2 cm³/mol. The Balaban J connectivity index is 2.14. The Morgan fingerprint density at radius 1 is 1.42 bits per heavy atom. The number of amides is 1. The maximum atomic E-state index is 12.4. The van der Waals surface area contributed by atoms with Crippen molar-refractivity contribution in [2.45, 2.75) is 26.2 Å². The van der Waals surface area contributed by atoms with Gasteiger partial charge in [-0.25, -0.2) is 4.98 Å². The molecule has 24 heavy (non-hydrogen) atoms. The molecule has 2 aromatic rings. The van der Waals surface area contributed by atoms with Crippen LogP contribution in [0, 0.1) is 0 Å². The van der Waals surface area contributed by atoms with Gasteiger partial charge < -0.3 is 20.5 Å². The number of nitrogens with zero attached hydrogens (tertiary/aromatic N) is 1. The molecule has 6 nitrogen and oxygen atoms in total. The van der Waals surface area contributed by atoms with E-state index < -0.39 is 0 Å². The van der Waals surface area contributed by atoms with E-state index in [0.717, 1.165) is 17.8 Å². The summed E-state index contributed by atoms with van der Waals surface area (Å²) in [6, 6.07) is 5.34. The lowest BCUT2D eigenvalue weighted by Crippen LogP contribution is -2.14. The number of nitrogens with two attached hydrogens (primary N) is 1. The number of carbonyl (C=O) groups is 1. The van der Waals surface area contributed by atoms with Crippen LogP contribution in [0.5, 0.6) is 11.5 Å². The number of hydrogen-bond acceptors (Lipinski definition) is 6. The maximum absolute atomic E-state index is 12.4. The molecule has 0 atom stereocenters. The number of ether oxygens (including phenoxy) is 2. The second kappa shape index (κ2) is 9.24. The topological polar surface area (TPSA) is 86.5 Å². The quantitative estimate of drug-likeness (QED) is 0.679. The highest BCUT2D eigenvalue weighted by atomic mass is 32.1. The zero-order valence-electron chi connectivity index (χ0n) is 14.0. The molecule has 0 saturated heterocycles. The minimum atomic E-state index is -0.275. The second-order valence-electron chi connectivity index (χ2n) is 5.18. The fraction of sp³-hybridized carbons (Fsp3) is 0.412. The van der Waals surface area contributed by atoms with Crippen LogP contribution in [-0.4, -0.2) is 31.2 Å². The first-order valence-electron chi connectivity index (χ1n) is 7.94. The molecular weight excluding hydrogens is 326 g/mol. The van der Waals surface area contributed by atoms with Crippen molar-refractivity contribution >= 4 is 22.9 Å². The van der Waals surface area contributed by atoms with E-state index in [-0.39, 0.29) is 5.91 Å². The molecule has 0 spiro atoms. The van der Waals surface area contributed by atoms with Gasteiger partial charge >= 0.3 is 0 Å². The maximum Gasteiger partial charge on any atom is 0.275 e. The molecule has 0 radical (unpaired) electrons. The van der Waals surface area contributed by atoms with Crippen molar-refractivity contribution in [1.29, 1.82) is 0 Å². The van der Waals surface area contributed by atoms with Crippen LogP contribution >= 0.6 is 11.3 Å². The molecule has 7 heteroatoms. The van der Waals surface area contributed by atoms with E-state index in [1.54, 1.807) is 30.7 Å². The lowest BCUT2D eigenvalue weighted by Gasteiger charge is -2.13. The monoisotopic (exact) mass is 349 g/mol. The third-order valence-corrected chi connectivity index (χ3v) is 4.24. The summed E-state index contributed by atoms with van der Waals surface area (Å²) in [5, 5.41) is 5.44. The molecule has 130 valence electrons. The predicted octanol–water partition coefficient (Wildman–Crippen LogP) is 3.08. The molecule has 0 fully saturated rings. The summed E-state index contributed by atoms with van der Waals surface area (Å²) in [7, 11) is 1.58. The number of unbranched alkanes of at least 4 members (excludes halogenated alkanes) is 1. The molecule has 1 heterocycles. The second-order valence-corrected chi connectivity index (χ2v) is 6.13. The first-order chi connectivity index (χ1) is 11.7. The molecule has 3 N–H and O–H groups in total. The SMILES string of the molecule is CCCCOc1ccc(OC)cc1NC(=O)c1csc(CCN)n1. The summed E-state index contributed by atoms with van der Waals surface area (Å²) >= 11 is 1.43. The van der Waals surface area contributed by atoms with Gasteiger partial charge in [0, 0.05) is 17.9 Å². The van der Waals surface area contributed by atoms with Crippen LogP contribution in [0.1, 0.15) is 35.3 Å². The van der Waals surface area contributed by atoms with Crippen LogP contribution in [-0.2, 0) is 6.42 Å². The van der Waals surface area contributed by atoms with Crippen LogP contribution in [0.15, 0.2) is 23.6 Å². The Hall–Kier alpha value is -2.12. The Labute approximate surface area is 146 Å². The highest BCUT2D eigenvalue weighted by molar-refractivity contribution is 7.09. The van der Waals surface area contributed by atoms with Crippen molar-refractivity contribution in [2.24, 2.45) is 5.73 Å². The standard InChI is InChI=1S/C17H23N3O3S/c1-3-4-9-23-15-6-5-12(22-2)10-13(15)20-17(21)14-11-24-16(19-14)7-8-18/h5-6,10-11H,3-4,7-9,18H2,1-2H3,(H,20,21). The summed E-state index contributed by atoms with van der Waals surface area (Å²) < 4.78 is 11.0. The third kappa shape index (κ3) is 4.94. The van der Waals surface area contributed by atoms with E-state index in [4.69, 9.17) is 15.2 Å². The van der Waals surface area contributed by atoms with E-state index in [2.05, 4.69) is 17.2 Å². The summed E-state index contributed by atoms with van der Waals surface area (Å²) in [4.78, 5) is 16.7. The Bertz CT molecular complexity index is 673. The zero-order chi connectivity index (χ0) is 17.4. The third-order valence-electron chi connectivity index (χ3n) is 3.33. The lowest BCUT2D eigenvalue weighted by molar-refractivity contribution is 0.102. The Morgan fingerprint density at radius 2 is 2.25 bits per heavy atom. The van der Waals surface area contributed by atoms with Gasteiger partial charge in [0.15, 0.2) is 0 Å². The molecule has 0 aliphatic carbocycles. The number of aromatic nitrogens is 1. The van der Waals surface area contributed by atoms with Gasteiger partial charge in [-0.05, 0) is 25.1 Å². The van der Waals surface area contributed by atoms with Gasteiger partial charge in [-0.1, -0.05) is 13.3 Å². The summed E-state index contributed by atoms with van der Waals surface area (Å²) in [6.45, 7) is 3.21. The molecule has 1 aromatic heterocycles. The van der Waals surface area contributed by atoms with Gasteiger partial charge in [0.2, 0.25) is 0 Å². The van der Waals surface area contributed by atoms with Crippen molar-refractivity contribution in [1.82, 2.24) is 4.98 Å². The molecule has 0 aliphatic rings. The van der Waals surface area contributed by atoms with Crippen molar-refractivity contribution in [3.8, 4) is 11.5 Å². The van der Waals surface area contributed by atoms with Crippen molar-refractivity contribution in [3.63, 3.8) is 0 Å². The van der Waals surface area contributed by atoms with E-state index in [1.807, 2.05) is 0 Å². The average Bonchev–Trinajstić information content (AvgIpc) is 3.05. The summed E-state index contributed by atoms with van der Waals surface area (Å²) in [5.41, 5.74) is 6.47. The van der Waals surface area contributed by atoms with E-state index >= 15 is 0 Å². The van der Waals surface area contributed by atoms with Crippen molar-refractivity contribution in [2.75, 3.05) is 25.6 Å². The first kappa shape index (κ1) is 18.2. The highest BCUT2D eigenvalue weighted by Crippen LogP contribution is 2.30. The number of hydrogen-bond donors (Lipinski definition) is 2. The van der Waals surface area contributed by atoms with Crippen molar-refractivity contribution < 1.29 is 14.3 Å². The first-order valence-corrected chi connectivity index (χ1v) is 8.82. The highest BCUT2D eigenvalue weighted by Gasteiger charge is 2.14. The minimum absolute atomic E-state index is 0.275. The Kier molecular flexibility index (Phi) is 7.02. The van der Waals surface area contributed by atoms with Gasteiger partial charge in [-0.3, -0.25) is 4.79 Å². The van der Waals surface area contributed by atoms with E-state index in [0.29, 0.717) is 42.5 Å². The van der Waals surface area contributed by atoms with Crippen LogP contribution < -0.4 is 20.5 Å². The van der Waals surface area contributed by atoms with E-state index in [9.17, 15) is 4.79 Å². The van der Waals surface area contributed by atoms with Crippen LogP contribution in [0.25, 0.3) is 0 Å². The number of methoxy groups -OCH3 is 1. The molecular formula is C17H23N3O3S. The lowest BCUT2D eigenvalue weighted by atomic mass is 10.2. The van der Waals surface area contributed by atoms with Gasteiger partial charge in [0.25, 0.3) is 5.91 Å². The molecule has 0 unspecified atom stereocenters. The number of nitrogens with one attached hydrogen (secondary N) is 1. The fourth-order valence-electron chi connectivity index (χ4n) is 2.03. The zero-order valence-corrected chi connectivity index (χ0v) is 14.8. The largest absolute Gasteiger partial charge is 0.497 e. The van der Waals surface area contributed by atoms with Crippen LogP contribution in [0.3, 0.4) is 0 Å². The van der Waals surface area contributed by atoms with Gasteiger partial charge in [0.1, 0.15) is 17.2 Å². The van der Waals surface area contributed by atoms with E-state index in [1.165, 1.54) is 11.3 Å². The van der Waals surface area contributed by atoms with Gasteiger partial charge in [0.05, 0.1) is 24.4 Å².